The number of halogens is 3. The summed E-state index contributed by atoms with van der Waals surface area (Å²) in [7, 11) is 0. The van der Waals surface area contributed by atoms with Crippen LogP contribution in [0.25, 0.3) is 0 Å². The Bertz CT molecular complexity index is 1190. The molecule has 30 heavy (non-hydrogen) atoms. The molecule has 4 rings (SSSR count). The van der Waals surface area contributed by atoms with Crippen molar-refractivity contribution in [1.29, 1.82) is 0 Å². The number of hydrogen-bond donors (Lipinski definition) is 2. The summed E-state index contributed by atoms with van der Waals surface area (Å²) in [5.41, 5.74) is 0.339. The molecule has 3 heterocycles. The number of aliphatic imine (C=N–C) groups is 1. The maximum Gasteiger partial charge on any atom is 0.284 e. The van der Waals surface area contributed by atoms with Gasteiger partial charge in [-0.3, -0.25) is 4.79 Å². The summed E-state index contributed by atoms with van der Waals surface area (Å²) in [4.78, 5) is 22.7. The number of H-pyrrole nitrogens is 1. The lowest BCUT2D eigenvalue weighted by Crippen LogP contribution is -2.41. The van der Waals surface area contributed by atoms with Crippen molar-refractivity contribution in [3.05, 3.63) is 98.2 Å². The Hall–Kier alpha value is -3.06. The van der Waals surface area contributed by atoms with Crippen molar-refractivity contribution < 1.29 is 8.78 Å². The van der Waals surface area contributed by atoms with Crippen LogP contribution in [0.5, 0.6) is 0 Å². The predicted molar refractivity (Wildman–Crippen MR) is 112 cm³/mol. The standard InChI is InChI=1S/C22H19ClF2N4O/c1-3-16-17(11-27-21(30)19(16)25)20-28-12(2)22(29-20,13-4-6-15(23)7-5-13)14-8-9-26-18(24)10-14/h4-12H,3H2,1-2H3,(H,27,30)(H,28,29)/t12-,22+/m0/s1. The van der Waals surface area contributed by atoms with Gasteiger partial charge in [-0.1, -0.05) is 30.7 Å². The second kappa shape index (κ2) is 7.65. The largest absolute Gasteiger partial charge is 0.364 e. The first-order valence-corrected chi connectivity index (χ1v) is 9.89. The molecule has 5 nitrogen and oxygen atoms in total. The van der Waals surface area contributed by atoms with Gasteiger partial charge >= 0.3 is 0 Å². The molecule has 0 spiro atoms. The summed E-state index contributed by atoms with van der Waals surface area (Å²) >= 11 is 6.07. The first-order chi connectivity index (χ1) is 14.4. The fourth-order valence-electron chi connectivity index (χ4n) is 3.99. The SMILES string of the molecule is CCc1c(C2=N[C@](c3ccc(Cl)cc3)(c3ccnc(F)c3)[C@H](C)N2)c[nH]c(=O)c1F. The molecule has 0 saturated heterocycles. The van der Waals surface area contributed by atoms with Gasteiger partial charge in [0.05, 0.1) is 6.04 Å². The van der Waals surface area contributed by atoms with E-state index >= 15 is 0 Å². The number of aromatic nitrogens is 2. The van der Waals surface area contributed by atoms with Crippen LogP contribution in [0.4, 0.5) is 8.78 Å². The summed E-state index contributed by atoms with van der Waals surface area (Å²) in [6, 6.07) is 9.89. The molecule has 3 aromatic rings. The third-order valence-corrected chi connectivity index (χ3v) is 5.72. The van der Waals surface area contributed by atoms with Crippen LogP contribution in [0, 0.1) is 11.8 Å². The van der Waals surface area contributed by atoms with Crippen LogP contribution in [0.1, 0.15) is 36.1 Å². The number of pyridine rings is 2. The van der Waals surface area contributed by atoms with Crippen LogP contribution < -0.4 is 10.9 Å². The van der Waals surface area contributed by atoms with Gasteiger partial charge in [-0.25, -0.2) is 14.4 Å². The molecule has 1 aromatic carbocycles. The molecule has 8 heteroatoms. The minimum Gasteiger partial charge on any atom is -0.364 e. The average molecular weight is 429 g/mol. The van der Waals surface area contributed by atoms with Crippen molar-refractivity contribution >= 4 is 17.4 Å². The zero-order chi connectivity index (χ0) is 21.5. The van der Waals surface area contributed by atoms with E-state index in [-0.39, 0.29) is 11.6 Å². The van der Waals surface area contributed by atoms with E-state index in [0.29, 0.717) is 28.4 Å². The molecule has 0 amide bonds. The summed E-state index contributed by atoms with van der Waals surface area (Å²) < 4.78 is 28.5. The van der Waals surface area contributed by atoms with Gasteiger partial charge in [0.15, 0.2) is 5.82 Å². The van der Waals surface area contributed by atoms with Crippen LogP contribution in [0.3, 0.4) is 0 Å². The molecule has 2 aromatic heterocycles. The van der Waals surface area contributed by atoms with Crippen molar-refractivity contribution in [3.63, 3.8) is 0 Å². The highest BCUT2D eigenvalue weighted by Crippen LogP contribution is 2.41. The Labute approximate surface area is 176 Å². The van der Waals surface area contributed by atoms with E-state index in [0.717, 1.165) is 5.56 Å². The van der Waals surface area contributed by atoms with E-state index in [1.165, 1.54) is 18.5 Å². The molecule has 1 aliphatic heterocycles. The molecule has 0 unspecified atom stereocenters. The number of nitrogens with zero attached hydrogens (tertiary/aromatic N) is 2. The van der Waals surface area contributed by atoms with Crippen LogP contribution >= 0.6 is 11.6 Å². The van der Waals surface area contributed by atoms with Crippen LogP contribution in [-0.2, 0) is 12.0 Å². The number of amidine groups is 1. The third kappa shape index (κ3) is 3.19. The van der Waals surface area contributed by atoms with Gasteiger partial charge in [0.2, 0.25) is 5.95 Å². The Morgan fingerprint density at radius 2 is 1.90 bits per heavy atom. The summed E-state index contributed by atoms with van der Waals surface area (Å²) in [6.07, 6.45) is 3.16. The van der Waals surface area contributed by atoms with E-state index in [9.17, 15) is 13.6 Å². The fourth-order valence-corrected chi connectivity index (χ4v) is 4.12. The van der Waals surface area contributed by atoms with Gasteiger partial charge in [0.25, 0.3) is 5.56 Å². The van der Waals surface area contributed by atoms with Gasteiger partial charge in [-0.2, -0.15) is 4.39 Å². The highest BCUT2D eigenvalue weighted by atomic mass is 35.5. The molecule has 0 radical (unpaired) electrons. The smallest absolute Gasteiger partial charge is 0.284 e. The molecule has 0 bridgehead atoms. The lowest BCUT2D eigenvalue weighted by atomic mass is 9.79. The molecule has 154 valence electrons. The normalized spacial score (nSPS) is 20.7. The van der Waals surface area contributed by atoms with Crippen LogP contribution in [0.2, 0.25) is 5.02 Å². The second-order valence-electron chi connectivity index (χ2n) is 7.14. The zero-order valence-electron chi connectivity index (χ0n) is 16.3. The monoisotopic (exact) mass is 428 g/mol. The van der Waals surface area contributed by atoms with Crippen LogP contribution in [-0.4, -0.2) is 21.8 Å². The average Bonchev–Trinajstić information content (AvgIpc) is 3.08. The van der Waals surface area contributed by atoms with E-state index in [1.54, 1.807) is 25.1 Å². The van der Waals surface area contributed by atoms with Crippen molar-refractivity contribution in [2.75, 3.05) is 0 Å². The van der Waals surface area contributed by atoms with Crippen molar-refractivity contribution in [2.45, 2.75) is 31.8 Å². The van der Waals surface area contributed by atoms with Crippen LogP contribution in [0.15, 0.2) is 58.6 Å². The van der Waals surface area contributed by atoms with Gasteiger partial charge in [-0.05, 0) is 48.7 Å². The summed E-state index contributed by atoms with van der Waals surface area (Å²) in [5, 5.41) is 3.86. The Balaban J connectivity index is 1.98. The molecule has 1 aliphatic rings. The first-order valence-electron chi connectivity index (χ1n) is 9.51. The number of hydrogen-bond acceptors (Lipinski definition) is 4. The molecule has 0 aliphatic carbocycles. The first kappa shape index (κ1) is 20.2. The molecular formula is C22H19ClF2N4O. The van der Waals surface area contributed by atoms with E-state index in [2.05, 4.69) is 15.3 Å². The minimum atomic E-state index is -0.999. The molecule has 0 saturated carbocycles. The van der Waals surface area contributed by atoms with Gasteiger partial charge in [0, 0.05) is 28.5 Å². The topological polar surface area (TPSA) is 70.1 Å². The lowest BCUT2D eigenvalue weighted by molar-refractivity contribution is 0.449. The van der Waals surface area contributed by atoms with E-state index in [4.69, 9.17) is 16.6 Å². The fraction of sp³-hybridized carbons (Fsp3) is 0.227. The zero-order valence-corrected chi connectivity index (χ0v) is 17.1. The Kier molecular flexibility index (Phi) is 5.15. The minimum absolute atomic E-state index is 0.269. The summed E-state index contributed by atoms with van der Waals surface area (Å²) in [5.74, 6) is -1.03. The highest BCUT2D eigenvalue weighted by molar-refractivity contribution is 6.30. The van der Waals surface area contributed by atoms with Crippen molar-refractivity contribution in [3.8, 4) is 0 Å². The van der Waals surface area contributed by atoms with E-state index in [1.807, 2.05) is 19.1 Å². The highest BCUT2D eigenvalue weighted by Gasteiger charge is 2.45. The lowest BCUT2D eigenvalue weighted by Gasteiger charge is -2.31. The maximum atomic E-state index is 14.4. The maximum absolute atomic E-state index is 14.4. The van der Waals surface area contributed by atoms with Crippen molar-refractivity contribution in [1.82, 2.24) is 15.3 Å². The van der Waals surface area contributed by atoms with Gasteiger partial charge in [0.1, 0.15) is 11.4 Å². The number of nitrogens with one attached hydrogen (secondary N) is 2. The quantitative estimate of drug-likeness (QED) is 0.618. The molecule has 0 fully saturated rings. The Morgan fingerprint density at radius 1 is 1.17 bits per heavy atom. The molecular weight excluding hydrogens is 410 g/mol. The van der Waals surface area contributed by atoms with Gasteiger partial charge in [-0.15, -0.1) is 0 Å². The number of aromatic amines is 1. The second-order valence-corrected chi connectivity index (χ2v) is 7.58. The van der Waals surface area contributed by atoms with E-state index < -0.39 is 22.9 Å². The number of rotatable bonds is 4. The Morgan fingerprint density at radius 3 is 2.57 bits per heavy atom. The third-order valence-electron chi connectivity index (χ3n) is 5.46. The molecule has 2 N–H and O–H groups in total. The van der Waals surface area contributed by atoms with Gasteiger partial charge < -0.3 is 10.3 Å². The summed E-state index contributed by atoms with van der Waals surface area (Å²) in [6.45, 7) is 3.68. The molecule has 2 atom stereocenters. The predicted octanol–water partition coefficient (Wildman–Crippen LogP) is 3.95. The van der Waals surface area contributed by atoms with Crippen molar-refractivity contribution in [2.24, 2.45) is 4.99 Å². The number of benzene rings is 1.